The maximum atomic E-state index is 5.97. The molecular weight excluding hydrogens is 178 g/mol. The topological polar surface area (TPSA) is 60.2 Å². The van der Waals surface area contributed by atoms with E-state index in [-0.39, 0.29) is 5.54 Å². The highest BCUT2D eigenvalue weighted by Crippen LogP contribution is 2.28. The van der Waals surface area contributed by atoms with Gasteiger partial charge in [0.05, 0.1) is 6.54 Å². The summed E-state index contributed by atoms with van der Waals surface area (Å²) in [7, 11) is 0. The minimum atomic E-state index is -0.372. The number of anilines is 1. The number of nitrogens with two attached hydrogens (primary N) is 1. The SMILES string of the molecule is CC(C)(N)c1cnc2c(c1)OCCN2. The Labute approximate surface area is 83.5 Å². The van der Waals surface area contributed by atoms with Crippen LogP contribution >= 0.6 is 0 Å². The van der Waals surface area contributed by atoms with E-state index in [2.05, 4.69) is 10.3 Å². The smallest absolute Gasteiger partial charge is 0.168 e. The Morgan fingerprint density at radius 2 is 2.36 bits per heavy atom. The predicted octanol–water partition coefficient (Wildman–Crippen LogP) is 1.08. The number of nitrogens with zero attached hydrogens (tertiary/aromatic N) is 1. The molecule has 2 rings (SSSR count). The first-order valence-corrected chi connectivity index (χ1v) is 4.73. The summed E-state index contributed by atoms with van der Waals surface area (Å²) >= 11 is 0. The lowest BCUT2D eigenvalue weighted by Crippen LogP contribution is -2.29. The first kappa shape index (κ1) is 9.27. The molecule has 3 N–H and O–H groups in total. The molecule has 2 heterocycles. The van der Waals surface area contributed by atoms with Gasteiger partial charge in [0.25, 0.3) is 0 Å². The molecule has 1 aliphatic rings. The fourth-order valence-electron chi connectivity index (χ4n) is 1.37. The van der Waals surface area contributed by atoms with E-state index in [9.17, 15) is 0 Å². The van der Waals surface area contributed by atoms with Crippen LogP contribution in [0.25, 0.3) is 0 Å². The second-order valence-corrected chi connectivity index (χ2v) is 4.07. The Kier molecular flexibility index (Phi) is 2.07. The van der Waals surface area contributed by atoms with Gasteiger partial charge >= 0.3 is 0 Å². The summed E-state index contributed by atoms with van der Waals surface area (Å²) < 4.78 is 5.48. The number of pyridine rings is 1. The highest BCUT2D eigenvalue weighted by molar-refractivity contribution is 5.53. The summed E-state index contributed by atoms with van der Waals surface area (Å²) in [6, 6.07) is 1.95. The molecule has 0 fully saturated rings. The zero-order valence-electron chi connectivity index (χ0n) is 8.50. The Balaban J connectivity index is 2.39. The van der Waals surface area contributed by atoms with Gasteiger partial charge in [-0.05, 0) is 25.5 Å². The van der Waals surface area contributed by atoms with Gasteiger partial charge in [-0.15, -0.1) is 0 Å². The quantitative estimate of drug-likeness (QED) is 0.700. The molecule has 1 aromatic rings. The van der Waals surface area contributed by atoms with Crippen molar-refractivity contribution in [3.8, 4) is 5.75 Å². The molecule has 0 amide bonds. The van der Waals surface area contributed by atoms with Gasteiger partial charge in [0.1, 0.15) is 6.61 Å². The standard InChI is InChI=1S/C10H15N3O/c1-10(2,11)7-5-8-9(13-6-7)12-3-4-14-8/h5-6H,3-4,11H2,1-2H3,(H,12,13). The summed E-state index contributed by atoms with van der Waals surface area (Å²) in [5.41, 5.74) is 6.59. The van der Waals surface area contributed by atoms with Crippen LogP contribution in [0.15, 0.2) is 12.3 Å². The fourth-order valence-corrected chi connectivity index (χ4v) is 1.37. The van der Waals surface area contributed by atoms with E-state index in [1.165, 1.54) is 0 Å². The molecule has 0 unspecified atom stereocenters. The summed E-state index contributed by atoms with van der Waals surface area (Å²) in [4.78, 5) is 4.27. The van der Waals surface area contributed by atoms with Crippen LogP contribution in [0.1, 0.15) is 19.4 Å². The van der Waals surface area contributed by atoms with E-state index < -0.39 is 0 Å². The number of nitrogens with one attached hydrogen (secondary N) is 1. The van der Waals surface area contributed by atoms with Crippen molar-refractivity contribution >= 4 is 5.82 Å². The van der Waals surface area contributed by atoms with Crippen molar-refractivity contribution in [2.75, 3.05) is 18.5 Å². The molecule has 14 heavy (non-hydrogen) atoms. The van der Waals surface area contributed by atoms with Gasteiger partial charge in [-0.2, -0.15) is 0 Å². The van der Waals surface area contributed by atoms with E-state index in [1.807, 2.05) is 19.9 Å². The molecule has 0 spiro atoms. The van der Waals surface area contributed by atoms with Crippen LogP contribution in [-0.4, -0.2) is 18.1 Å². The number of hydrogen-bond acceptors (Lipinski definition) is 4. The largest absolute Gasteiger partial charge is 0.488 e. The van der Waals surface area contributed by atoms with Crippen molar-refractivity contribution in [1.82, 2.24) is 4.98 Å². The van der Waals surface area contributed by atoms with Crippen LogP contribution in [-0.2, 0) is 5.54 Å². The van der Waals surface area contributed by atoms with Crippen molar-refractivity contribution in [2.24, 2.45) is 5.73 Å². The highest BCUT2D eigenvalue weighted by atomic mass is 16.5. The average Bonchev–Trinajstić information content (AvgIpc) is 2.16. The number of fused-ring (bicyclic) bond motifs is 1. The molecule has 0 aliphatic carbocycles. The number of rotatable bonds is 1. The normalized spacial score (nSPS) is 15.4. The molecule has 0 radical (unpaired) electrons. The molecule has 1 aromatic heterocycles. The van der Waals surface area contributed by atoms with Gasteiger partial charge in [0.15, 0.2) is 11.6 Å². The maximum Gasteiger partial charge on any atom is 0.168 e. The van der Waals surface area contributed by atoms with Gasteiger partial charge in [-0.1, -0.05) is 0 Å². The Bertz CT molecular complexity index is 344. The minimum Gasteiger partial charge on any atom is -0.488 e. The van der Waals surface area contributed by atoms with Crippen molar-refractivity contribution in [3.63, 3.8) is 0 Å². The lowest BCUT2D eigenvalue weighted by molar-refractivity contribution is 0.320. The van der Waals surface area contributed by atoms with Crippen LogP contribution in [0.3, 0.4) is 0 Å². The third-order valence-corrected chi connectivity index (χ3v) is 2.25. The Hall–Kier alpha value is -1.29. The van der Waals surface area contributed by atoms with Gasteiger partial charge < -0.3 is 15.8 Å². The first-order chi connectivity index (χ1) is 6.57. The molecule has 0 saturated heterocycles. The third-order valence-electron chi connectivity index (χ3n) is 2.25. The number of hydrogen-bond donors (Lipinski definition) is 2. The molecule has 0 aromatic carbocycles. The lowest BCUT2D eigenvalue weighted by Gasteiger charge is -2.23. The maximum absolute atomic E-state index is 5.97. The van der Waals surface area contributed by atoms with Gasteiger partial charge in [0.2, 0.25) is 0 Å². The minimum absolute atomic E-state index is 0.372. The molecule has 0 saturated carbocycles. The second kappa shape index (κ2) is 3.13. The summed E-state index contributed by atoms with van der Waals surface area (Å²) in [5, 5.41) is 3.16. The molecule has 0 atom stereocenters. The van der Waals surface area contributed by atoms with E-state index in [0.29, 0.717) is 6.61 Å². The van der Waals surface area contributed by atoms with Gasteiger partial charge in [-0.25, -0.2) is 4.98 Å². The summed E-state index contributed by atoms with van der Waals surface area (Å²) in [6.45, 7) is 5.40. The van der Waals surface area contributed by atoms with Crippen molar-refractivity contribution < 1.29 is 4.74 Å². The molecular formula is C10H15N3O. The van der Waals surface area contributed by atoms with Crippen molar-refractivity contribution in [2.45, 2.75) is 19.4 Å². The van der Waals surface area contributed by atoms with Crippen molar-refractivity contribution in [3.05, 3.63) is 17.8 Å². The Morgan fingerprint density at radius 1 is 1.57 bits per heavy atom. The number of ether oxygens (including phenoxy) is 1. The zero-order valence-corrected chi connectivity index (χ0v) is 8.50. The third kappa shape index (κ3) is 1.65. The van der Waals surface area contributed by atoms with Crippen LogP contribution in [0.4, 0.5) is 5.82 Å². The fraction of sp³-hybridized carbons (Fsp3) is 0.500. The van der Waals surface area contributed by atoms with Crippen LogP contribution < -0.4 is 15.8 Å². The molecule has 4 heteroatoms. The van der Waals surface area contributed by atoms with Gasteiger partial charge in [0, 0.05) is 11.7 Å². The molecule has 0 bridgehead atoms. The average molecular weight is 193 g/mol. The van der Waals surface area contributed by atoms with E-state index in [0.717, 1.165) is 23.7 Å². The first-order valence-electron chi connectivity index (χ1n) is 4.73. The summed E-state index contributed by atoms with van der Waals surface area (Å²) in [5.74, 6) is 1.61. The lowest BCUT2D eigenvalue weighted by atomic mass is 9.97. The summed E-state index contributed by atoms with van der Waals surface area (Å²) in [6.07, 6.45) is 1.79. The monoisotopic (exact) mass is 193 g/mol. The second-order valence-electron chi connectivity index (χ2n) is 4.07. The van der Waals surface area contributed by atoms with E-state index in [1.54, 1.807) is 6.20 Å². The van der Waals surface area contributed by atoms with E-state index in [4.69, 9.17) is 10.5 Å². The van der Waals surface area contributed by atoms with Crippen molar-refractivity contribution in [1.29, 1.82) is 0 Å². The Morgan fingerprint density at radius 3 is 3.07 bits per heavy atom. The van der Waals surface area contributed by atoms with Crippen LogP contribution in [0, 0.1) is 0 Å². The van der Waals surface area contributed by atoms with Crippen LogP contribution in [0.2, 0.25) is 0 Å². The zero-order chi connectivity index (χ0) is 10.2. The number of aromatic nitrogens is 1. The van der Waals surface area contributed by atoms with Gasteiger partial charge in [-0.3, -0.25) is 0 Å². The van der Waals surface area contributed by atoms with E-state index >= 15 is 0 Å². The molecule has 4 nitrogen and oxygen atoms in total. The predicted molar refractivity (Wildman–Crippen MR) is 55.4 cm³/mol. The molecule has 1 aliphatic heterocycles. The highest BCUT2D eigenvalue weighted by Gasteiger charge is 2.18. The molecule has 76 valence electrons. The van der Waals surface area contributed by atoms with Crippen LogP contribution in [0.5, 0.6) is 5.75 Å².